The van der Waals surface area contributed by atoms with Crippen LogP contribution in [0.5, 0.6) is 5.75 Å². The SMILES string of the molecule is NCCC(=O)c1c(F)cc2c(c1F)CCO2. The van der Waals surface area contributed by atoms with Gasteiger partial charge in [-0.25, -0.2) is 8.78 Å². The number of nitrogens with two attached hydrogens (primary N) is 1. The van der Waals surface area contributed by atoms with Crippen LogP contribution in [0.4, 0.5) is 8.78 Å². The van der Waals surface area contributed by atoms with Crippen LogP contribution < -0.4 is 10.5 Å². The second kappa shape index (κ2) is 4.17. The molecule has 1 aromatic rings. The monoisotopic (exact) mass is 227 g/mol. The van der Waals surface area contributed by atoms with Crippen LogP contribution >= 0.6 is 0 Å². The number of carbonyl (C=O) groups is 1. The lowest BCUT2D eigenvalue weighted by molar-refractivity contribution is 0.0977. The Bertz CT molecular complexity index is 446. The number of benzene rings is 1. The predicted octanol–water partition coefficient (Wildman–Crippen LogP) is 1.43. The summed E-state index contributed by atoms with van der Waals surface area (Å²) in [6, 6.07) is 1.06. The third-order valence-corrected chi connectivity index (χ3v) is 2.54. The molecule has 1 aromatic carbocycles. The van der Waals surface area contributed by atoms with Crippen molar-refractivity contribution in [2.75, 3.05) is 13.2 Å². The summed E-state index contributed by atoms with van der Waals surface area (Å²) in [7, 11) is 0. The third-order valence-electron chi connectivity index (χ3n) is 2.54. The molecule has 0 unspecified atom stereocenters. The van der Waals surface area contributed by atoms with Crippen LogP contribution in [0.15, 0.2) is 6.07 Å². The van der Waals surface area contributed by atoms with Crippen molar-refractivity contribution in [3.8, 4) is 5.75 Å². The minimum absolute atomic E-state index is 0.0620. The molecule has 1 aliphatic heterocycles. The Morgan fingerprint density at radius 2 is 2.25 bits per heavy atom. The van der Waals surface area contributed by atoms with Gasteiger partial charge in [0.25, 0.3) is 0 Å². The van der Waals surface area contributed by atoms with E-state index in [0.29, 0.717) is 13.0 Å². The number of fused-ring (bicyclic) bond motifs is 1. The predicted molar refractivity (Wildman–Crippen MR) is 53.6 cm³/mol. The van der Waals surface area contributed by atoms with Crippen molar-refractivity contribution in [1.82, 2.24) is 0 Å². The number of hydrogen-bond donors (Lipinski definition) is 1. The highest BCUT2D eigenvalue weighted by Gasteiger charge is 2.26. The van der Waals surface area contributed by atoms with E-state index in [4.69, 9.17) is 10.5 Å². The summed E-state index contributed by atoms with van der Waals surface area (Å²) >= 11 is 0. The summed E-state index contributed by atoms with van der Waals surface area (Å²) in [5.74, 6) is -2.09. The molecule has 0 spiro atoms. The number of rotatable bonds is 3. The number of halogens is 2. The highest BCUT2D eigenvalue weighted by molar-refractivity contribution is 5.97. The van der Waals surface area contributed by atoms with Crippen LogP contribution in [0.3, 0.4) is 0 Å². The molecule has 1 heterocycles. The minimum atomic E-state index is -0.878. The Hall–Kier alpha value is -1.49. The quantitative estimate of drug-likeness (QED) is 0.795. The van der Waals surface area contributed by atoms with Crippen molar-refractivity contribution in [2.45, 2.75) is 12.8 Å². The normalized spacial score (nSPS) is 13.4. The Morgan fingerprint density at radius 3 is 2.94 bits per heavy atom. The van der Waals surface area contributed by atoms with Gasteiger partial charge in [-0.3, -0.25) is 4.79 Å². The summed E-state index contributed by atoms with van der Waals surface area (Å²) in [5.41, 5.74) is 4.98. The maximum absolute atomic E-state index is 13.8. The molecule has 0 aromatic heterocycles. The number of hydrogen-bond acceptors (Lipinski definition) is 3. The smallest absolute Gasteiger partial charge is 0.170 e. The summed E-state index contributed by atoms with van der Waals surface area (Å²) in [4.78, 5) is 11.5. The number of ether oxygens (including phenoxy) is 1. The van der Waals surface area contributed by atoms with Crippen LogP contribution in [0.25, 0.3) is 0 Å². The molecule has 0 amide bonds. The Labute approximate surface area is 91.2 Å². The van der Waals surface area contributed by atoms with Crippen molar-refractivity contribution >= 4 is 5.78 Å². The highest BCUT2D eigenvalue weighted by atomic mass is 19.1. The molecule has 0 radical (unpaired) electrons. The Morgan fingerprint density at radius 1 is 1.50 bits per heavy atom. The third kappa shape index (κ3) is 1.67. The van der Waals surface area contributed by atoms with E-state index in [1.54, 1.807) is 0 Å². The molecule has 0 atom stereocenters. The Balaban J connectivity index is 2.50. The summed E-state index contributed by atoms with van der Waals surface area (Å²) in [6.07, 6.45) is 0.303. The van der Waals surface area contributed by atoms with Crippen LogP contribution in [-0.2, 0) is 6.42 Å². The second-order valence-electron chi connectivity index (χ2n) is 3.58. The average molecular weight is 227 g/mol. The van der Waals surface area contributed by atoms with Gasteiger partial charge in [0.2, 0.25) is 0 Å². The van der Waals surface area contributed by atoms with Gasteiger partial charge in [0, 0.05) is 24.5 Å². The van der Waals surface area contributed by atoms with Gasteiger partial charge < -0.3 is 10.5 Å². The fourth-order valence-corrected chi connectivity index (χ4v) is 1.77. The van der Waals surface area contributed by atoms with Gasteiger partial charge in [0.15, 0.2) is 5.78 Å². The first kappa shape index (κ1) is 11.0. The summed E-state index contributed by atoms with van der Waals surface area (Å²) < 4.78 is 32.4. The molecule has 0 saturated heterocycles. The molecule has 2 N–H and O–H groups in total. The maximum Gasteiger partial charge on any atom is 0.170 e. The first-order valence-corrected chi connectivity index (χ1v) is 5.02. The van der Waals surface area contributed by atoms with E-state index < -0.39 is 23.0 Å². The second-order valence-corrected chi connectivity index (χ2v) is 3.58. The lowest BCUT2D eigenvalue weighted by Gasteiger charge is -2.07. The fourth-order valence-electron chi connectivity index (χ4n) is 1.77. The van der Waals surface area contributed by atoms with Crippen molar-refractivity contribution in [3.63, 3.8) is 0 Å². The topological polar surface area (TPSA) is 52.3 Å². The van der Waals surface area contributed by atoms with Crippen LogP contribution in [0.2, 0.25) is 0 Å². The summed E-state index contributed by atoms with van der Waals surface area (Å²) in [5, 5.41) is 0. The van der Waals surface area contributed by atoms with Gasteiger partial charge in [-0.15, -0.1) is 0 Å². The van der Waals surface area contributed by atoms with Gasteiger partial charge in [-0.05, 0) is 6.54 Å². The van der Waals surface area contributed by atoms with Crippen LogP contribution in [0.1, 0.15) is 22.3 Å². The molecule has 16 heavy (non-hydrogen) atoms. The van der Waals surface area contributed by atoms with E-state index in [1.807, 2.05) is 0 Å². The van der Waals surface area contributed by atoms with Crippen molar-refractivity contribution in [2.24, 2.45) is 5.73 Å². The van der Waals surface area contributed by atoms with E-state index in [9.17, 15) is 13.6 Å². The molecule has 2 rings (SSSR count). The molecule has 1 aliphatic rings. The van der Waals surface area contributed by atoms with Crippen LogP contribution in [-0.4, -0.2) is 18.9 Å². The first-order chi connectivity index (χ1) is 7.65. The molecule has 0 fully saturated rings. The van der Waals surface area contributed by atoms with Crippen molar-refractivity contribution < 1.29 is 18.3 Å². The zero-order chi connectivity index (χ0) is 11.7. The minimum Gasteiger partial charge on any atom is -0.493 e. The Kier molecular flexibility index (Phi) is 2.87. The van der Waals surface area contributed by atoms with Gasteiger partial charge in [-0.2, -0.15) is 0 Å². The largest absolute Gasteiger partial charge is 0.493 e. The standard InChI is InChI=1S/C11H11F2NO2/c12-7-5-9-6(2-4-16-9)11(13)10(7)8(15)1-3-14/h5H,1-4,14H2. The van der Waals surface area contributed by atoms with Gasteiger partial charge in [0.1, 0.15) is 17.4 Å². The summed E-state index contributed by atoms with van der Waals surface area (Å²) in [6.45, 7) is 0.394. The highest BCUT2D eigenvalue weighted by Crippen LogP contribution is 2.32. The molecule has 86 valence electrons. The van der Waals surface area contributed by atoms with E-state index in [1.165, 1.54) is 0 Å². The first-order valence-electron chi connectivity index (χ1n) is 5.02. The van der Waals surface area contributed by atoms with E-state index in [2.05, 4.69) is 0 Å². The molecule has 0 saturated carbocycles. The van der Waals surface area contributed by atoms with Gasteiger partial charge >= 0.3 is 0 Å². The average Bonchev–Trinajstić information content (AvgIpc) is 2.66. The molecule has 0 bridgehead atoms. The molecular weight excluding hydrogens is 216 g/mol. The van der Waals surface area contributed by atoms with Crippen molar-refractivity contribution in [3.05, 3.63) is 28.8 Å². The van der Waals surface area contributed by atoms with E-state index >= 15 is 0 Å². The van der Waals surface area contributed by atoms with E-state index in [0.717, 1.165) is 6.07 Å². The molecule has 3 nitrogen and oxygen atoms in total. The molecule has 0 aliphatic carbocycles. The number of Topliss-reactive ketones (excluding diaryl/α,β-unsaturated/α-hetero) is 1. The van der Waals surface area contributed by atoms with Gasteiger partial charge in [-0.1, -0.05) is 0 Å². The zero-order valence-electron chi connectivity index (χ0n) is 8.56. The lowest BCUT2D eigenvalue weighted by atomic mass is 10.0. The van der Waals surface area contributed by atoms with Crippen LogP contribution in [0, 0.1) is 11.6 Å². The number of ketones is 1. The maximum atomic E-state index is 13.8. The molecular formula is C11H11F2NO2. The fraction of sp³-hybridized carbons (Fsp3) is 0.364. The van der Waals surface area contributed by atoms with Gasteiger partial charge in [0.05, 0.1) is 12.2 Å². The van der Waals surface area contributed by atoms with Crippen molar-refractivity contribution in [1.29, 1.82) is 0 Å². The zero-order valence-corrected chi connectivity index (χ0v) is 8.56. The number of carbonyl (C=O) groups excluding carboxylic acids is 1. The lowest BCUT2D eigenvalue weighted by Crippen LogP contribution is -2.12. The molecule has 5 heteroatoms. The van der Waals surface area contributed by atoms with E-state index in [-0.39, 0.29) is 24.3 Å².